The first-order chi connectivity index (χ1) is 11.3. The monoisotopic (exact) mass is 369 g/mol. The Hall–Kier alpha value is -1.52. The van der Waals surface area contributed by atoms with Crippen LogP contribution in [-0.4, -0.2) is 55.1 Å². The van der Waals surface area contributed by atoms with E-state index in [0.29, 0.717) is 12.8 Å². The van der Waals surface area contributed by atoms with Crippen LogP contribution in [0.3, 0.4) is 0 Å². The van der Waals surface area contributed by atoms with Gasteiger partial charge in [0.15, 0.2) is 0 Å². The Labute approximate surface area is 142 Å². The number of carboxylic acids is 1. The zero-order valence-corrected chi connectivity index (χ0v) is 14.7. The number of carbonyl (C=O) groups excluding carboxylic acids is 1. The highest BCUT2D eigenvalue weighted by atomic mass is 32.2. The van der Waals surface area contributed by atoms with Crippen molar-refractivity contribution in [2.45, 2.75) is 58.3 Å². The third-order valence-electron chi connectivity index (χ3n) is 2.46. The zero-order chi connectivity index (χ0) is 18.8. The first-order valence-corrected chi connectivity index (χ1v) is 9.10. The van der Waals surface area contributed by atoms with Crippen LogP contribution >= 0.6 is 0 Å². The number of hydrogen-bond acceptors (Lipinski definition) is 7. The molecule has 0 spiro atoms. The van der Waals surface area contributed by atoms with E-state index >= 15 is 0 Å². The molecule has 0 aliphatic rings. The van der Waals surface area contributed by atoms with Crippen molar-refractivity contribution in [2.24, 2.45) is 4.40 Å². The quantitative estimate of drug-likeness (QED) is 0.341. The number of aliphatic carboxylic acids is 1. The number of carboxylic acid groups (broad SMARTS) is 1. The van der Waals surface area contributed by atoms with Gasteiger partial charge in [0.1, 0.15) is 0 Å². The average Bonchev–Trinajstić information content (AvgIpc) is 2.51. The van der Waals surface area contributed by atoms with E-state index in [1.807, 2.05) is 6.92 Å². The van der Waals surface area contributed by atoms with Gasteiger partial charge in [-0.15, -0.1) is 4.40 Å². The molecule has 0 fully saturated rings. The molecule has 0 rings (SSSR count). The van der Waals surface area contributed by atoms with Gasteiger partial charge in [-0.25, -0.2) is 0 Å². The van der Waals surface area contributed by atoms with Crippen molar-refractivity contribution in [2.75, 3.05) is 13.2 Å². The summed E-state index contributed by atoms with van der Waals surface area (Å²) in [5.74, 6) is -1.87. The van der Waals surface area contributed by atoms with Gasteiger partial charge in [-0.05, 0) is 25.7 Å². The van der Waals surface area contributed by atoms with Crippen molar-refractivity contribution in [3.63, 3.8) is 0 Å². The highest BCUT2D eigenvalue weighted by molar-refractivity contribution is 7.85. The Morgan fingerprint density at radius 1 is 1.04 bits per heavy atom. The summed E-state index contributed by atoms with van der Waals surface area (Å²) in [6.45, 7) is 1.78. The van der Waals surface area contributed by atoms with E-state index in [1.165, 1.54) is 6.21 Å². The summed E-state index contributed by atoms with van der Waals surface area (Å²) < 4.78 is 30.0. The number of rotatable bonds is 12. The maximum Gasteiger partial charge on any atom is 0.430 e. The average molecular weight is 369 g/mol. The molecule has 0 radical (unpaired) electrons. The van der Waals surface area contributed by atoms with Gasteiger partial charge in [0.2, 0.25) is 0 Å². The maximum absolute atomic E-state index is 11.3. The summed E-state index contributed by atoms with van der Waals surface area (Å²) in [6.07, 6.45) is 4.94. The Morgan fingerprint density at radius 3 is 2.12 bits per heavy atom. The van der Waals surface area contributed by atoms with Crippen LogP contribution < -0.4 is 0 Å². The van der Waals surface area contributed by atoms with Gasteiger partial charge in [0.25, 0.3) is 0 Å². The van der Waals surface area contributed by atoms with Gasteiger partial charge in [-0.1, -0.05) is 19.8 Å². The molecule has 0 aromatic carbocycles. The van der Waals surface area contributed by atoms with E-state index in [4.69, 9.17) is 15.3 Å². The van der Waals surface area contributed by atoms with E-state index in [2.05, 4.69) is 8.58 Å². The SMILES string of the molecule is CCCCCC=NS(=O)(=O)OC(=O)CCCCC(=O)O.OCCO. The van der Waals surface area contributed by atoms with Crippen LogP contribution in [0.1, 0.15) is 58.3 Å². The second-order valence-electron chi connectivity index (χ2n) is 4.71. The molecule has 0 amide bonds. The van der Waals surface area contributed by atoms with E-state index < -0.39 is 22.2 Å². The van der Waals surface area contributed by atoms with Crippen molar-refractivity contribution < 1.29 is 37.5 Å². The molecule has 24 heavy (non-hydrogen) atoms. The molecular weight excluding hydrogens is 342 g/mol. The van der Waals surface area contributed by atoms with Gasteiger partial charge in [0, 0.05) is 19.1 Å². The van der Waals surface area contributed by atoms with Crippen molar-refractivity contribution in [1.29, 1.82) is 0 Å². The van der Waals surface area contributed by atoms with Crippen molar-refractivity contribution in [3.05, 3.63) is 0 Å². The zero-order valence-electron chi connectivity index (χ0n) is 13.9. The van der Waals surface area contributed by atoms with Gasteiger partial charge in [0.05, 0.1) is 13.2 Å². The van der Waals surface area contributed by atoms with Crippen LogP contribution in [0.2, 0.25) is 0 Å². The molecule has 10 heteroatoms. The standard InChI is InChI=1S/C12H21NO6S.C2H6O2/c1-2-3-4-7-10-13-20(17,18)19-12(16)9-6-5-8-11(14)15;3-1-2-4/h10H,2-9H2,1H3,(H,14,15);3-4H,1-2H2. The summed E-state index contributed by atoms with van der Waals surface area (Å²) in [6, 6.07) is 0. The first-order valence-electron chi connectivity index (χ1n) is 7.73. The molecule has 9 nitrogen and oxygen atoms in total. The van der Waals surface area contributed by atoms with Crippen LogP contribution in [-0.2, 0) is 24.1 Å². The number of aliphatic hydroxyl groups excluding tert-OH is 2. The van der Waals surface area contributed by atoms with Gasteiger partial charge < -0.3 is 19.5 Å². The molecule has 0 bridgehead atoms. The summed E-state index contributed by atoms with van der Waals surface area (Å²) >= 11 is 0. The number of nitrogens with zero attached hydrogens (tertiary/aromatic N) is 1. The molecule has 0 aliphatic carbocycles. The van der Waals surface area contributed by atoms with Gasteiger partial charge in [-0.2, -0.15) is 8.42 Å². The number of hydrogen-bond donors (Lipinski definition) is 3. The van der Waals surface area contributed by atoms with E-state index in [0.717, 1.165) is 19.3 Å². The van der Waals surface area contributed by atoms with Crippen molar-refractivity contribution >= 4 is 28.5 Å². The third-order valence-corrected chi connectivity index (χ3v) is 3.26. The Morgan fingerprint density at radius 2 is 1.62 bits per heavy atom. The third kappa shape index (κ3) is 20.5. The first kappa shape index (κ1) is 24.7. The van der Waals surface area contributed by atoms with Crippen molar-refractivity contribution in [3.8, 4) is 0 Å². The Kier molecular flexibility index (Phi) is 16.8. The smallest absolute Gasteiger partial charge is 0.430 e. The number of aliphatic hydroxyl groups is 2. The molecular formula is C14H27NO8S. The lowest BCUT2D eigenvalue weighted by Gasteiger charge is -2.00. The molecule has 0 unspecified atom stereocenters. The Balaban J connectivity index is 0. The molecule has 0 aromatic rings. The van der Waals surface area contributed by atoms with Crippen LogP contribution in [0.4, 0.5) is 0 Å². The summed E-state index contributed by atoms with van der Waals surface area (Å²) in [5, 5.41) is 23.6. The molecule has 0 saturated heterocycles. The van der Waals surface area contributed by atoms with Gasteiger partial charge in [-0.3, -0.25) is 9.59 Å². The molecule has 0 heterocycles. The summed E-state index contributed by atoms with van der Waals surface area (Å²) in [4.78, 5) is 21.5. The highest BCUT2D eigenvalue weighted by Gasteiger charge is 2.14. The predicted octanol–water partition coefficient (Wildman–Crippen LogP) is 1.04. The van der Waals surface area contributed by atoms with Crippen LogP contribution in [0.5, 0.6) is 0 Å². The van der Waals surface area contributed by atoms with E-state index in [9.17, 15) is 18.0 Å². The van der Waals surface area contributed by atoms with Crippen LogP contribution in [0, 0.1) is 0 Å². The fourth-order valence-corrected chi connectivity index (χ4v) is 2.01. The van der Waals surface area contributed by atoms with Crippen LogP contribution in [0.25, 0.3) is 0 Å². The minimum Gasteiger partial charge on any atom is -0.481 e. The Bertz CT molecular complexity index is 459. The summed E-state index contributed by atoms with van der Waals surface area (Å²) in [7, 11) is -4.22. The van der Waals surface area contributed by atoms with E-state index in [-0.39, 0.29) is 32.5 Å². The topological polar surface area (TPSA) is 151 Å². The molecule has 0 saturated carbocycles. The molecule has 0 atom stereocenters. The number of unbranched alkanes of at least 4 members (excludes halogenated alkanes) is 4. The number of carbonyl (C=O) groups is 2. The second-order valence-corrected chi connectivity index (χ2v) is 5.95. The van der Waals surface area contributed by atoms with Crippen LogP contribution in [0.15, 0.2) is 4.40 Å². The molecule has 0 aromatic heterocycles. The van der Waals surface area contributed by atoms with Crippen molar-refractivity contribution in [1.82, 2.24) is 0 Å². The fourth-order valence-electron chi connectivity index (χ4n) is 1.36. The normalized spacial score (nSPS) is 11.0. The van der Waals surface area contributed by atoms with E-state index in [1.54, 1.807) is 0 Å². The molecule has 142 valence electrons. The predicted molar refractivity (Wildman–Crippen MR) is 87.9 cm³/mol. The molecule has 0 aliphatic heterocycles. The maximum atomic E-state index is 11.3. The summed E-state index contributed by atoms with van der Waals surface area (Å²) in [5.41, 5.74) is 0. The lowest BCUT2D eigenvalue weighted by molar-refractivity contribution is -0.138. The second kappa shape index (κ2) is 16.3. The lowest BCUT2D eigenvalue weighted by Crippen LogP contribution is -2.11. The largest absolute Gasteiger partial charge is 0.481 e. The minimum absolute atomic E-state index is 0.0599. The lowest BCUT2D eigenvalue weighted by atomic mass is 10.2. The fraction of sp³-hybridized carbons (Fsp3) is 0.786. The minimum atomic E-state index is -4.22. The highest BCUT2D eigenvalue weighted by Crippen LogP contribution is 2.05. The molecule has 3 N–H and O–H groups in total. The van der Waals surface area contributed by atoms with Gasteiger partial charge >= 0.3 is 22.2 Å².